The molecule has 1 unspecified atom stereocenters. The third kappa shape index (κ3) is 4.43. The van der Waals surface area contributed by atoms with E-state index >= 15 is 0 Å². The van der Waals surface area contributed by atoms with Gasteiger partial charge in [0.25, 0.3) is 0 Å². The quantitative estimate of drug-likeness (QED) is 0.174. The maximum atomic E-state index is 5.18. The molecule has 0 N–H and O–H groups in total. The van der Waals surface area contributed by atoms with Crippen LogP contribution in [-0.2, 0) is 5.41 Å². The summed E-state index contributed by atoms with van der Waals surface area (Å²) in [6.45, 7) is 0. The van der Waals surface area contributed by atoms with Crippen LogP contribution in [0.1, 0.15) is 22.3 Å². The molecule has 1 aliphatic rings. The van der Waals surface area contributed by atoms with E-state index in [9.17, 15) is 0 Å². The average Bonchev–Trinajstić information content (AvgIpc) is 3.51. The zero-order valence-electron chi connectivity index (χ0n) is 27.9. The van der Waals surface area contributed by atoms with E-state index in [0.717, 1.165) is 22.4 Å². The molecule has 51 heavy (non-hydrogen) atoms. The molecular weight excluding hydrogens is 617 g/mol. The van der Waals surface area contributed by atoms with Crippen molar-refractivity contribution in [3.05, 3.63) is 217 Å². The first kappa shape index (κ1) is 29.3. The van der Waals surface area contributed by atoms with Crippen LogP contribution in [0, 0.1) is 0 Å². The van der Waals surface area contributed by atoms with Crippen LogP contribution in [0.4, 0.5) is 0 Å². The molecule has 0 spiro atoms. The van der Waals surface area contributed by atoms with Crippen LogP contribution in [0.15, 0.2) is 195 Å². The van der Waals surface area contributed by atoms with E-state index in [0.29, 0.717) is 0 Å². The minimum Gasteiger partial charge on any atom is -0.264 e. The van der Waals surface area contributed by atoms with Crippen LogP contribution >= 0.6 is 0 Å². The molecule has 1 atom stereocenters. The van der Waals surface area contributed by atoms with Crippen molar-refractivity contribution in [1.29, 1.82) is 0 Å². The molecule has 0 radical (unpaired) electrons. The summed E-state index contributed by atoms with van der Waals surface area (Å²) in [4.78, 5) is 9.79. The summed E-state index contributed by atoms with van der Waals surface area (Å²) in [6.07, 6.45) is 5.93. The molecule has 238 valence electrons. The summed E-state index contributed by atoms with van der Waals surface area (Å²) >= 11 is 0. The van der Waals surface area contributed by atoms with Gasteiger partial charge < -0.3 is 0 Å². The van der Waals surface area contributed by atoms with Gasteiger partial charge in [0.15, 0.2) is 0 Å². The standard InChI is InChI=1S/C49H32N2/c1-3-14-33(15-4-1)47-40-20-7-9-22-42(40)48(43-23-10-8-21-41(43)47)35-26-28-46(51-31-35)34-25-27-39-38-19-11-12-24-44(38)49(45(39)30-34,36-16-5-2-6-17-36)37-18-13-29-50-32-37/h1-32H. The minimum absolute atomic E-state index is 0.504. The van der Waals surface area contributed by atoms with Crippen molar-refractivity contribution in [2.24, 2.45) is 0 Å². The molecule has 2 heterocycles. The minimum atomic E-state index is -0.504. The summed E-state index contributed by atoms with van der Waals surface area (Å²) in [5, 5.41) is 4.94. The lowest BCUT2D eigenvalue weighted by Crippen LogP contribution is -2.28. The van der Waals surface area contributed by atoms with Gasteiger partial charge in [-0.15, -0.1) is 0 Å². The summed E-state index contributed by atoms with van der Waals surface area (Å²) in [7, 11) is 0. The van der Waals surface area contributed by atoms with E-state index in [1.165, 1.54) is 66.1 Å². The van der Waals surface area contributed by atoms with Crippen molar-refractivity contribution < 1.29 is 0 Å². The molecule has 2 nitrogen and oxygen atoms in total. The predicted octanol–water partition coefficient (Wildman–Crippen LogP) is 12.1. The van der Waals surface area contributed by atoms with Gasteiger partial charge in [0.2, 0.25) is 0 Å². The molecule has 9 aromatic rings. The lowest BCUT2D eigenvalue weighted by Gasteiger charge is -2.33. The fourth-order valence-electron chi connectivity index (χ4n) is 8.57. The normalized spacial score (nSPS) is 14.7. The smallest absolute Gasteiger partial charge is 0.0728 e. The second-order valence-corrected chi connectivity index (χ2v) is 13.3. The summed E-state index contributed by atoms with van der Waals surface area (Å²) in [5.74, 6) is 0. The van der Waals surface area contributed by atoms with E-state index in [1.54, 1.807) is 0 Å². The van der Waals surface area contributed by atoms with Gasteiger partial charge in [0.05, 0.1) is 11.1 Å². The highest BCUT2D eigenvalue weighted by atomic mass is 14.7. The zero-order valence-corrected chi connectivity index (χ0v) is 27.9. The Morgan fingerprint density at radius 2 is 0.941 bits per heavy atom. The highest BCUT2D eigenvalue weighted by Gasteiger charge is 2.46. The van der Waals surface area contributed by atoms with E-state index < -0.39 is 5.41 Å². The largest absolute Gasteiger partial charge is 0.264 e. The average molecular weight is 649 g/mol. The number of hydrogen-bond donors (Lipinski definition) is 0. The van der Waals surface area contributed by atoms with Crippen molar-refractivity contribution in [3.63, 3.8) is 0 Å². The first-order chi connectivity index (χ1) is 25.3. The highest BCUT2D eigenvalue weighted by molar-refractivity contribution is 6.21. The van der Waals surface area contributed by atoms with Crippen molar-refractivity contribution in [3.8, 4) is 44.6 Å². The monoisotopic (exact) mass is 648 g/mol. The van der Waals surface area contributed by atoms with Gasteiger partial charge in [-0.3, -0.25) is 9.97 Å². The Kier molecular flexibility index (Phi) is 6.75. The number of hydrogen-bond acceptors (Lipinski definition) is 2. The van der Waals surface area contributed by atoms with Crippen LogP contribution in [0.25, 0.3) is 66.2 Å². The summed E-state index contributed by atoms with van der Waals surface area (Å²) in [5.41, 5.74) is 13.7. The molecular formula is C49H32N2. The summed E-state index contributed by atoms with van der Waals surface area (Å²) in [6, 6.07) is 63.5. The van der Waals surface area contributed by atoms with Gasteiger partial charge in [-0.1, -0.05) is 158 Å². The number of benzene rings is 7. The topological polar surface area (TPSA) is 25.8 Å². The SMILES string of the molecule is c1ccc(-c2c3ccccc3c(-c3ccc(-c4ccc5c(c4)C(c4ccccc4)(c4cccnc4)c4ccccc4-5)nc3)c3ccccc23)cc1. The Hall–Kier alpha value is -6.64. The van der Waals surface area contributed by atoms with E-state index in [2.05, 4.69) is 181 Å². The van der Waals surface area contributed by atoms with E-state index in [1.807, 2.05) is 18.5 Å². The van der Waals surface area contributed by atoms with Gasteiger partial charge in [0.1, 0.15) is 0 Å². The molecule has 0 fully saturated rings. The van der Waals surface area contributed by atoms with E-state index in [4.69, 9.17) is 4.98 Å². The van der Waals surface area contributed by atoms with Crippen molar-refractivity contribution in [1.82, 2.24) is 9.97 Å². The molecule has 0 aliphatic heterocycles. The second-order valence-electron chi connectivity index (χ2n) is 13.3. The van der Waals surface area contributed by atoms with Gasteiger partial charge in [-0.2, -0.15) is 0 Å². The van der Waals surface area contributed by atoms with Gasteiger partial charge in [-0.05, 0) is 89.8 Å². The molecule has 2 heteroatoms. The van der Waals surface area contributed by atoms with E-state index in [-0.39, 0.29) is 0 Å². The Morgan fingerprint density at radius 3 is 1.59 bits per heavy atom. The van der Waals surface area contributed by atoms with Gasteiger partial charge >= 0.3 is 0 Å². The number of fused-ring (bicyclic) bond motifs is 5. The third-order valence-electron chi connectivity index (χ3n) is 10.7. The fraction of sp³-hybridized carbons (Fsp3) is 0.0204. The molecule has 10 rings (SSSR count). The number of rotatable bonds is 5. The molecule has 0 amide bonds. The highest BCUT2D eigenvalue weighted by Crippen LogP contribution is 2.56. The van der Waals surface area contributed by atoms with Crippen LogP contribution in [0.2, 0.25) is 0 Å². The molecule has 0 saturated carbocycles. The van der Waals surface area contributed by atoms with Crippen LogP contribution in [0.3, 0.4) is 0 Å². The zero-order chi connectivity index (χ0) is 33.8. The van der Waals surface area contributed by atoms with Crippen molar-refractivity contribution in [2.45, 2.75) is 5.41 Å². The molecule has 2 aromatic heterocycles. The lowest BCUT2D eigenvalue weighted by atomic mass is 9.68. The van der Waals surface area contributed by atoms with Crippen LogP contribution in [0.5, 0.6) is 0 Å². The molecule has 0 bridgehead atoms. The second kappa shape index (κ2) is 11.8. The van der Waals surface area contributed by atoms with Crippen molar-refractivity contribution in [2.75, 3.05) is 0 Å². The maximum absolute atomic E-state index is 5.18. The Morgan fingerprint density at radius 1 is 0.373 bits per heavy atom. The Labute approximate surface area is 297 Å². The Bertz CT molecular complexity index is 2620. The van der Waals surface area contributed by atoms with Crippen LogP contribution < -0.4 is 0 Å². The number of aromatic nitrogens is 2. The number of nitrogens with zero attached hydrogens (tertiary/aromatic N) is 2. The summed E-state index contributed by atoms with van der Waals surface area (Å²) < 4.78 is 0. The van der Waals surface area contributed by atoms with Crippen molar-refractivity contribution >= 4 is 21.5 Å². The van der Waals surface area contributed by atoms with Gasteiger partial charge in [0, 0.05) is 29.7 Å². The van der Waals surface area contributed by atoms with Gasteiger partial charge in [-0.25, -0.2) is 0 Å². The Balaban J connectivity index is 1.15. The molecule has 7 aromatic carbocycles. The third-order valence-corrected chi connectivity index (χ3v) is 10.7. The number of pyridine rings is 2. The lowest BCUT2D eigenvalue weighted by molar-refractivity contribution is 0.763. The first-order valence-electron chi connectivity index (χ1n) is 17.5. The maximum Gasteiger partial charge on any atom is 0.0728 e. The molecule has 1 aliphatic carbocycles. The van der Waals surface area contributed by atoms with Crippen LogP contribution in [-0.4, -0.2) is 9.97 Å². The first-order valence-corrected chi connectivity index (χ1v) is 17.5. The predicted molar refractivity (Wildman–Crippen MR) is 211 cm³/mol. The molecule has 0 saturated heterocycles. The fourth-order valence-corrected chi connectivity index (χ4v) is 8.57.